The standard InChI is InChI=1S/C55H33N7O/c1-3-12-34(13-4-1)53-58-54(35-14-5-2-6-15-35)60-55(59-53)62-47-19-10-8-17-42(47)44-30-37(22-25-49(44)62)39-28-38(32-56-33-39)36-21-24-48-43(29-36)41-16-7-9-18-46(41)61(48)40-23-26-50-45(31-40)52-51(63-50)20-11-27-57-52/h1-33H. The van der Waals surface area contributed by atoms with E-state index in [2.05, 4.69) is 117 Å². The molecule has 8 nitrogen and oxygen atoms in total. The lowest BCUT2D eigenvalue weighted by molar-refractivity contribution is 0.668. The van der Waals surface area contributed by atoms with Crippen LogP contribution in [0.25, 0.3) is 122 Å². The second-order valence-corrected chi connectivity index (χ2v) is 15.8. The lowest BCUT2D eigenvalue weighted by atomic mass is 9.99. The molecule has 0 N–H and O–H groups in total. The molecule has 0 saturated carbocycles. The van der Waals surface area contributed by atoms with Crippen LogP contribution in [0.1, 0.15) is 0 Å². The summed E-state index contributed by atoms with van der Waals surface area (Å²) in [4.78, 5) is 24.6. The zero-order valence-electron chi connectivity index (χ0n) is 33.6. The van der Waals surface area contributed by atoms with Crippen LogP contribution < -0.4 is 0 Å². The number of benzene rings is 7. The van der Waals surface area contributed by atoms with E-state index in [9.17, 15) is 0 Å². The molecule has 0 atom stereocenters. The predicted molar refractivity (Wildman–Crippen MR) is 253 cm³/mol. The van der Waals surface area contributed by atoms with E-state index in [0.717, 1.165) is 94.0 Å². The number of rotatable bonds is 6. The first-order chi connectivity index (χ1) is 31.2. The Bertz CT molecular complexity index is 3870. The number of pyridine rings is 2. The maximum Gasteiger partial charge on any atom is 0.238 e. The third-order valence-corrected chi connectivity index (χ3v) is 12.1. The van der Waals surface area contributed by atoms with E-state index in [1.165, 1.54) is 10.8 Å². The van der Waals surface area contributed by atoms with E-state index in [-0.39, 0.29) is 0 Å². The van der Waals surface area contributed by atoms with Gasteiger partial charge in [0.2, 0.25) is 5.95 Å². The van der Waals surface area contributed by atoms with Gasteiger partial charge in [-0.15, -0.1) is 0 Å². The molecule has 13 rings (SSSR count). The molecule has 0 bridgehead atoms. The van der Waals surface area contributed by atoms with Crippen molar-refractivity contribution in [3.63, 3.8) is 0 Å². The number of nitrogens with zero attached hydrogens (tertiary/aromatic N) is 7. The van der Waals surface area contributed by atoms with E-state index in [1.54, 1.807) is 0 Å². The van der Waals surface area contributed by atoms with E-state index in [4.69, 9.17) is 24.4 Å². The van der Waals surface area contributed by atoms with Crippen LogP contribution in [0.5, 0.6) is 0 Å². The molecule has 0 amide bonds. The molecule has 294 valence electrons. The Kier molecular flexibility index (Phi) is 7.74. The summed E-state index contributed by atoms with van der Waals surface area (Å²) >= 11 is 0. The smallest absolute Gasteiger partial charge is 0.238 e. The van der Waals surface area contributed by atoms with E-state index in [0.29, 0.717) is 17.6 Å². The Labute approximate surface area is 360 Å². The predicted octanol–water partition coefficient (Wildman–Crippen LogP) is 13.4. The Hall–Kier alpha value is -8.75. The molecule has 0 aliphatic heterocycles. The first-order valence-electron chi connectivity index (χ1n) is 20.9. The maximum absolute atomic E-state index is 6.12. The normalized spacial score (nSPS) is 11.8. The van der Waals surface area contributed by atoms with Gasteiger partial charge in [0.25, 0.3) is 0 Å². The van der Waals surface area contributed by atoms with Crippen molar-refractivity contribution in [2.45, 2.75) is 0 Å². The van der Waals surface area contributed by atoms with Crippen molar-refractivity contribution >= 4 is 65.7 Å². The molecule has 63 heavy (non-hydrogen) atoms. The fourth-order valence-electron chi connectivity index (χ4n) is 9.18. The summed E-state index contributed by atoms with van der Waals surface area (Å²) in [6.45, 7) is 0. The minimum Gasteiger partial charge on any atom is -0.454 e. The fraction of sp³-hybridized carbons (Fsp3) is 0. The number of fused-ring (bicyclic) bond motifs is 9. The van der Waals surface area contributed by atoms with Crippen LogP contribution in [-0.2, 0) is 0 Å². The highest BCUT2D eigenvalue weighted by Crippen LogP contribution is 2.39. The van der Waals surface area contributed by atoms with E-state index >= 15 is 0 Å². The van der Waals surface area contributed by atoms with E-state index < -0.39 is 0 Å². The fourth-order valence-corrected chi connectivity index (χ4v) is 9.18. The van der Waals surface area contributed by atoms with Gasteiger partial charge in [0.05, 0.1) is 22.1 Å². The Balaban J connectivity index is 0.920. The molecule has 0 fully saturated rings. The molecule has 6 aromatic heterocycles. The molecule has 7 aromatic carbocycles. The topological polar surface area (TPSA) is 87.5 Å². The molecule has 0 saturated heterocycles. The van der Waals surface area contributed by atoms with E-state index in [1.807, 2.05) is 97.5 Å². The van der Waals surface area contributed by atoms with Gasteiger partial charge in [0.1, 0.15) is 11.1 Å². The van der Waals surface area contributed by atoms with Crippen molar-refractivity contribution in [1.82, 2.24) is 34.1 Å². The Morgan fingerprint density at radius 1 is 0.365 bits per heavy atom. The molecule has 0 aliphatic rings. The van der Waals surface area contributed by atoms with Gasteiger partial charge in [0, 0.05) is 73.5 Å². The summed E-state index contributed by atoms with van der Waals surface area (Å²) < 4.78 is 10.6. The van der Waals surface area contributed by atoms with Crippen LogP contribution in [0.3, 0.4) is 0 Å². The number of aromatic nitrogens is 7. The van der Waals surface area contributed by atoms with Crippen molar-refractivity contribution in [2.75, 3.05) is 0 Å². The Morgan fingerprint density at radius 3 is 1.59 bits per heavy atom. The van der Waals surface area contributed by atoms with Gasteiger partial charge in [-0.25, -0.2) is 4.98 Å². The highest BCUT2D eigenvalue weighted by molar-refractivity contribution is 6.12. The molecule has 8 heteroatoms. The van der Waals surface area contributed by atoms with Crippen molar-refractivity contribution in [3.8, 4) is 56.7 Å². The summed E-state index contributed by atoms with van der Waals surface area (Å²) in [7, 11) is 0. The van der Waals surface area contributed by atoms with Crippen molar-refractivity contribution in [1.29, 1.82) is 0 Å². The van der Waals surface area contributed by atoms with Crippen molar-refractivity contribution < 1.29 is 4.42 Å². The average Bonchev–Trinajstić information content (AvgIpc) is 4.01. The lowest BCUT2D eigenvalue weighted by Crippen LogP contribution is -2.06. The summed E-state index contributed by atoms with van der Waals surface area (Å²) in [6, 6.07) is 63.0. The van der Waals surface area contributed by atoms with Gasteiger partial charge < -0.3 is 8.98 Å². The molecule has 0 aliphatic carbocycles. The van der Waals surface area contributed by atoms with Crippen molar-refractivity contribution in [2.24, 2.45) is 0 Å². The van der Waals surface area contributed by atoms with Gasteiger partial charge in [-0.2, -0.15) is 9.97 Å². The molecule has 6 heterocycles. The zero-order valence-corrected chi connectivity index (χ0v) is 33.6. The van der Waals surface area contributed by atoms with Crippen LogP contribution in [0.4, 0.5) is 0 Å². The SMILES string of the molecule is c1ccc(-c2nc(-c3ccccc3)nc(-n3c4ccccc4c4cc(-c5cncc(-c6ccc7c(c6)c6ccccc6n7-c6ccc7oc8cccnc8c7c6)c5)ccc43)n2)cc1. The summed E-state index contributed by atoms with van der Waals surface area (Å²) in [5.74, 6) is 1.80. The van der Waals surface area contributed by atoms with Crippen molar-refractivity contribution in [3.05, 3.63) is 201 Å². The molecular formula is C55H33N7O. The minimum absolute atomic E-state index is 0.564. The number of hydrogen-bond donors (Lipinski definition) is 0. The minimum atomic E-state index is 0.564. The number of hydrogen-bond acceptors (Lipinski definition) is 6. The number of para-hydroxylation sites is 2. The van der Waals surface area contributed by atoms with Crippen LogP contribution in [-0.4, -0.2) is 34.1 Å². The average molecular weight is 808 g/mol. The van der Waals surface area contributed by atoms with Gasteiger partial charge >= 0.3 is 0 Å². The monoisotopic (exact) mass is 807 g/mol. The molecule has 13 aromatic rings. The molecule has 0 unspecified atom stereocenters. The highest BCUT2D eigenvalue weighted by atomic mass is 16.3. The number of furan rings is 1. The van der Waals surface area contributed by atoms with Gasteiger partial charge in [0.15, 0.2) is 17.2 Å². The second-order valence-electron chi connectivity index (χ2n) is 15.8. The third kappa shape index (κ3) is 5.66. The highest BCUT2D eigenvalue weighted by Gasteiger charge is 2.20. The third-order valence-electron chi connectivity index (χ3n) is 12.1. The van der Waals surface area contributed by atoms with Crippen LogP contribution in [0.15, 0.2) is 205 Å². The summed E-state index contributed by atoms with van der Waals surface area (Å²) in [6.07, 6.45) is 5.71. The lowest BCUT2D eigenvalue weighted by Gasteiger charge is -2.11. The van der Waals surface area contributed by atoms with Gasteiger partial charge in [-0.3, -0.25) is 14.5 Å². The van der Waals surface area contributed by atoms with Crippen LogP contribution in [0.2, 0.25) is 0 Å². The van der Waals surface area contributed by atoms with Gasteiger partial charge in [-0.05, 0) is 83.9 Å². The quantitative estimate of drug-likeness (QED) is 0.166. The molecule has 0 radical (unpaired) electrons. The summed E-state index contributed by atoms with van der Waals surface area (Å²) in [5.41, 5.74) is 13.9. The first-order valence-corrected chi connectivity index (χ1v) is 20.9. The summed E-state index contributed by atoms with van der Waals surface area (Å²) in [5, 5.41) is 5.56. The Morgan fingerprint density at radius 2 is 0.937 bits per heavy atom. The van der Waals surface area contributed by atoms with Crippen LogP contribution in [0, 0.1) is 0 Å². The van der Waals surface area contributed by atoms with Gasteiger partial charge in [-0.1, -0.05) is 109 Å². The first kappa shape index (κ1) is 35.0. The molecular weight excluding hydrogens is 775 g/mol. The maximum atomic E-state index is 6.12. The second kappa shape index (κ2) is 13.9. The largest absolute Gasteiger partial charge is 0.454 e. The van der Waals surface area contributed by atoms with Crippen LogP contribution >= 0.6 is 0 Å². The molecule has 0 spiro atoms. The zero-order chi connectivity index (χ0) is 41.4.